The van der Waals surface area contributed by atoms with E-state index in [4.69, 9.17) is 27.9 Å². The number of thioether (sulfide) groups is 1. The summed E-state index contributed by atoms with van der Waals surface area (Å²) in [5, 5.41) is 0.792. The van der Waals surface area contributed by atoms with E-state index in [1.54, 1.807) is 18.2 Å². The lowest BCUT2D eigenvalue weighted by molar-refractivity contribution is -0.137. The highest BCUT2D eigenvalue weighted by atomic mass is 35.5. The maximum absolute atomic E-state index is 13.1. The van der Waals surface area contributed by atoms with Crippen molar-refractivity contribution < 1.29 is 14.3 Å². The van der Waals surface area contributed by atoms with Crippen molar-refractivity contribution in [1.82, 2.24) is 4.90 Å². The first-order valence-electron chi connectivity index (χ1n) is 8.79. The third kappa shape index (κ3) is 4.61. The molecule has 4 nitrogen and oxygen atoms in total. The SMILES string of the molecule is CC(C)OCCN1C(=O)C(Sc2ccccc2)=C(c2ccc(Cl)cc2Cl)C1=O. The Morgan fingerprint density at radius 3 is 2.39 bits per heavy atom. The Morgan fingerprint density at radius 2 is 1.75 bits per heavy atom. The maximum Gasteiger partial charge on any atom is 0.268 e. The van der Waals surface area contributed by atoms with Crippen molar-refractivity contribution in [3.8, 4) is 0 Å². The summed E-state index contributed by atoms with van der Waals surface area (Å²) in [4.78, 5) is 28.6. The van der Waals surface area contributed by atoms with E-state index in [9.17, 15) is 9.59 Å². The van der Waals surface area contributed by atoms with Crippen LogP contribution in [-0.2, 0) is 14.3 Å². The highest BCUT2D eigenvalue weighted by molar-refractivity contribution is 8.04. The standard InChI is InChI=1S/C21H19Cl2NO3S/c1-13(2)27-11-10-24-20(25)18(16-9-8-14(22)12-17(16)23)19(21(24)26)28-15-6-4-3-5-7-15/h3-9,12-13H,10-11H2,1-2H3. The summed E-state index contributed by atoms with van der Waals surface area (Å²) >= 11 is 13.6. The monoisotopic (exact) mass is 435 g/mol. The van der Waals surface area contributed by atoms with Crippen LogP contribution in [-0.4, -0.2) is 36.0 Å². The molecule has 2 amide bonds. The molecule has 2 aromatic rings. The van der Waals surface area contributed by atoms with E-state index in [-0.39, 0.29) is 31.1 Å². The Morgan fingerprint density at radius 1 is 1.04 bits per heavy atom. The van der Waals surface area contributed by atoms with Crippen LogP contribution in [0.1, 0.15) is 19.4 Å². The number of imide groups is 1. The number of ether oxygens (including phenoxy) is 1. The van der Waals surface area contributed by atoms with Gasteiger partial charge in [0.25, 0.3) is 11.8 Å². The number of amides is 2. The predicted octanol–water partition coefficient (Wildman–Crippen LogP) is 5.29. The summed E-state index contributed by atoms with van der Waals surface area (Å²) in [6, 6.07) is 14.3. The number of carbonyl (C=O) groups excluding carboxylic acids is 2. The summed E-state index contributed by atoms with van der Waals surface area (Å²) in [6.07, 6.45) is 0.0177. The van der Waals surface area contributed by atoms with Crippen LogP contribution in [0.2, 0.25) is 10.0 Å². The van der Waals surface area contributed by atoms with E-state index < -0.39 is 0 Å². The van der Waals surface area contributed by atoms with Gasteiger partial charge >= 0.3 is 0 Å². The number of hydrogen-bond acceptors (Lipinski definition) is 4. The van der Waals surface area contributed by atoms with Gasteiger partial charge < -0.3 is 4.74 Å². The molecule has 1 aliphatic heterocycles. The van der Waals surface area contributed by atoms with Crippen LogP contribution in [0, 0.1) is 0 Å². The van der Waals surface area contributed by atoms with Crippen LogP contribution >= 0.6 is 35.0 Å². The van der Waals surface area contributed by atoms with Crippen LogP contribution in [0.25, 0.3) is 5.57 Å². The molecular formula is C21H19Cl2NO3S. The first kappa shape index (κ1) is 20.9. The molecule has 0 aromatic heterocycles. The fourth-order valence-corrected chi connectivity index (χ4v) is 4.30. The van der Waals surface area contributed by atoms with Crippen molar-refractivity contribution >= 4 is 52.4 Å². The normalized spacial score (nSPS) is 14.5. The zero-order valence-electron chi connectivity index (χ0n) is 15.4. The van der Waals surface area contributed by atoms with E-state index in [1.807, 2.05) is 44.2 Å². The van der Waals surface area contributed by atoms with Crippen molar-refractivity contribution in [1.29, 1.82) is 0 Å². The third-order valence-corrected chi connectivity index (χ3v) is 5.69. The van der Waals surface area contributed by atoms with E-state index in [1.165, 1.54) is 16.7 Å². The molecule has 0 bridgehead atoms. The number of nitrogens with zero attached hydrogens (tertiary/aromatic N) is 1. The van der Waals surface area contributed by atoms with Crippen molar-refractivity contribution in [3.05, 3.63) is 69.0 Å². The minimum Gasteiger partial charge on any atom is -0.377 e. The van der Waals surface area contributed by atoms with Gasteiger partial charge in [-0.25, -0.2) is 0 Å². The largest absolute Gasteiger partial charge is 0.377 e. The van der Waals surface area contributed by atoms with Gasteiger partial charge in [-0.15, -0.1) is 0 Å². The number of rotatable bonds is 7. The van der Waals surface area contributed by atoms with Crippen molar-refractivity contribution in [2.45, 2.75) is 24.8 Å². The molecule has 0 fully saturated rings. The van der Waals surface area contributed by atoms with Crippen LogP contribution in [0.15, 0.2) is 58.3 Å². The Bertz CT molecular complexity index is 929. The number of halogens is 2. The molecule has 1 aliphatic rings. The van der Waals surface area contributed by atoms with Crippen LogP contribution in [0.3, 0.4) is 0 Å². The van der Waals surface area contributed by atoms with Crippen molar-refractivity contribution in [3.63, 3.8) is 0 Å². The lowest BCUT2D eigenvalue weighted by Crippen LogP contribution is -2.35. The van der Waals surface area contributed by atoms with Crippen molar-refractivity contribution in [2.24, 2.45) is 0 Å². The summed E-state index contributed by atoms with van der Waals surface area (Å²) in [6.45, 7) is 4.27. The summed E-state index contributed by atoms with van der Waals surface area (Å²) in [5.74, 6) is -0.716. The average Bonchev–Trinajstić information content (AvgIpc) is 2.87. The smallest absolute Gasteiger partial charge is 0.268 e. The van der Waals surface area contributed by atoms with Gasteiger partial charge in [-0.2, -0.15) is 0 Å². The molecule has 2 aromatic carbocycles. The fraction of sp³-hybridized carbons (Fsp3) is 0.238. The molecule has 0 atom stereocenters. The van der Waals surface area contributed by atoms with Gasteiger partial charge in [0.05, 0.1) is 34.8 Å². The average molecular weight is 436 g/mol. The number of benzene rings is 2. The molecule has 0 aliphatic carbocycles. The molecule has 0 saturated carbocycles. The van der Waals surface area contributed by atoms with Gasteiger partial charge in [0, 0.05) is 15.5 Å². The second-order valence-corrected chi connectivity index (χ2v) is 8.35. The lowest BCUT2D eigenvalue weighted by Gasteiger charge is -2.16. The lowest BCUT2D eigenvalue weighted by atomic mass is 10.1. The molecule has 0 unspecified atom stereocenters. The zero-order valence-corrected chi connectivity index (χ0v) is 17.8. The quantitative estimate of drug-likeness (QED) is 0.554. The van der Waals surface area contributed by atoms with Gasteiger partial charge in [-0.3, -0.25) is 14.5 Å². The molecule has 7 heteroatoms. The predicted molar refractivity (Wildman–Crippen MR) is 113 cm³/mol. The Kier molecular flexibility index (Phi) is 6.83. The van der Waals surface area contributed by atoms with Gasteiger partial charge in [-0.05, 0) is 38.1 Å². The van der Waals surface area contributed by atoms with Gasteiger partial charge in [-0.1, -0.05) is 59.2 Å². The Balaban J connectivity index is 1.99. The van der Waals surface area contributed by atoms with Crippen LogP contribution in [0.4, 0.5) is 0 Å². The molecule has 1 heterocycles. The minimum absolute atomic E-state index is 0.0177. The summed E-state index contributed by atoms with van der Waals surface area (Å²) in [7, 11) is 0. The molecule has 3 rings (SSSR count). The zero-order chi connectivity index (χ0) is 20.3. The van der Waals surface area contributed by atoms with E-state index in [2.05, 4.69) is 0 Å². The molecule has 0 N–H and O–H groups in total. The number of carbonyl (C=O) groups is 2. The van der Waals surface area contributed by atoms with Crippen LogP contribution in [0.5, 0.6) is 0 Å². The summed E-state index contributed by atoms with van der Waals surface area (Å²) < 4.78 is 5.52. The second kappa shape index (κ2) is 9.14. The maximum atomic E-state index is 13.1. The summed E-state index contributed by atoms with van der Waals surface area (Å²) in [5.41, 5.74) is 0.792. The molecular weight excluding hydrogens is 417 g/mol. The Labute approximate surface area is 178 Å². The molecule has 28 heavy (non-hydrogen) atoms. The van der Waals surface area contributed by atoms with E-state index in [0.717, 1.165) is 4.90 Å². The van der Waals surface area contributed by atoms with Crippen molar-refractivity contribution in [2.75, 3.05) is 13.2 Å². The van der Waals surface area contributed by atoms with Gasteiger partial charge in [0.15, 0.2) is 0 Å². The van der Waals surface area contributed by atoms with Gasteiger partial charge in [0.2, 0.25) is 0 Å². The topological polar surface area (TPSA) is 46.6 Å². The molecule has 146 valence electrons. The molecule has 0 radical (unpaired) electrons. The first-order chi connectivity index (χ1) is 13.4. The third-order valence-electron chi connectivity index (χ3n) is 4.06. The van der Waals surface area contributed by atoms with Crippen LogP contribution < -0.4 is 0 Å². The fourth-order valence-electron chi connectivity index (χ4n) is 2.77. The second-order valence-electron chi connectivity index (χ2n) is 6.42. The minimum atomic E-state index is -0.375. The molecule has 0 spiro atoms. The number of hydrogen-bond donors (Lipinski definition) is 0. The van der Waals surface area contributed by atoms with Gasteiger partial charge in [0.1, 0.15) is 0 Å². The van der Waals surface area contributed by atoms with E-state index in [0.29, 0.717) is 26.1 Å². The highest BCUT2D eigenvalue weighted by Gasteiger charge is 2.40. The highest BCUT2D eigenvalue weighted by Crippen LogP contribution is 2.41. The Hall–Kier alpha value is -1.79. The molecule has 0 saturated heterocycles. The van der Waals surface area contributed by atoms with E-state index >= 15 is 0 Å². The first-order valence-corrected chi connectivity index (χ1v) is 10.4.